The number of nitrogens with zero attached hydrogens (tertiary/aromatic N) is 3. The van der Waals surface area contributed by atoms with E-state index in [4.69, 9.17) is 23.7 Å². The molecule has 21 heteroatoms. The molecule has 5 aromatic rings. The number of carbonyl (C=O) groups is 5. The van der Waals surface area contributed by atoms with Crippen molar-refractivity contribution in [3.8, 4) is 21.6 Å². The third-order valence-corrected chi connectivity index (χ3v) is 16.1. The van der Waals surface area contributed by atoms with Gasteiger partial charge in [-0.05, 0) is 117 Å². The highest BCUT2D eigenvalue weighted by Crippen LogP contribution is 2.35. The molecule has 0 radical (unpaired) electrons. The Kier molecular flexibility index (Phi) is 24.1. The van der Waals surface area contributed by atoms with Gasteiger partial charge in [0.1, 0.15) is 12.1 Å². The van der Waals surface area contributed by atoms with Crippen LogP contribution in [0.2, 0.25) is 0 Å². The predicted molar refractivity (Wildman–Crippen MR) is 323 cm³/mol. The predicted octanol–water partition coefficient (Wildman–Crippen LogP) is 6.33. The molecular weight excluding hydrogens is 1090 g/mol. The quantitative estimate of drug-likeness (QED) is 0.0287. The molecule has 0 spiro atoms. The zero-order chi connectivity index (χ0) is 60.3. The van der Waals surface area contributed by atoms with Gasteiger partial charge in [0.15, 0.2) is 0 Å². The standard InChI is InChI=1S/C63H84N8O12S/c1-9-70(49-18-22-79-23-19-49)53-34-48(33-51(42(53)4)59(75)66-37-52-40(2)32-41(3)68-60(52)76)45-14-16-47(17-15-45)58(74)64-21-25-81-27-29-83-31-30-82-28-26-80-24-20-55(73)69-57(63(6,7)8)62(78)71-38-50(72)35-54(71)61(77)65-36-44-10-12-46(13-11-44)56-43(5)67-39-84-56/h10-17,32-34,39,49-50,54,57,72H,9,18-31,35-38H2,1-8H3,(H,64,74)(H,65,77)(H,66,75)(H,68,76)(H,69,73)/t50-,54+,57-/m1/s1. The number of aromatic amines is 1. The number of aromatic nitrogens is 2. The fourth-order valence-electron chi connectivity index (χ4n) is 10.5. The lowest BCUT2D eigenvalue weighted by Gasteiger charge is -2.37. The Labute approximate surface area is 496 Å². The van der Waals surface area contributed by atoms with E-state index in [9.17, 15) is 33.9 Å². The van der Waals surface area contributed by atoms with E-state index in [2.05, 4.69) is 49.1 Å². The minimum atomic E-state index is -0.948. The van der Waals surface area contributed by atoms with Crippen LogP contribution in [0.15, 0.2) is 77.0 Å². The molecule has 3 atom stereocenters. The number of carbonyl (C=O) groups excluding carboxylic acids is 5. The maximum Gasteiger partial charge on any atom is 0.253 e. The topological polar surface area (TPSA) is 252 Å². The number of pyridine rings is 1. The SMILES string of the molecule is CCN(c1cc(-c2ccc(C(=O)NCCOCCOCCOCCOCCC(=O)N[C@H](C(=O)N3C[C@H](O)C[C@H]3C(=O)NCc3ccc(-c4scnc4C)cc3)C(C)(C)C)cc2)cc(C(=O)NCc2c(C)cc(C)[nH]c2=O)c1C)C1CCOCC1. The number of nitrogens with one attached hydrogen (secondary N) is 5. The number of hydrogen-bond donors (Lipinski definition) is 6. The summed E-state index contributed by atoms with van der Waals surface area (Å²) < 4.78 is 28.2. The van der Waals surface area contributed by atoms with Crippen LogP contribution in [-0.2, 0) is 51.2 Å². The zero-order valence-corrected chi connectivity index (χ0v) is 50.7. The van der Waals surface area contributed by atoms with Crippen molar-refractivity contribution in [3.05, 3.63) is 127 Å². The van der Waals surface area contributed by atoms with Gasteiger partial charge in [-0.15, -0.1) is 11.3 Å². The summed E-state index contributed by atoms with van der Waals surface area (Å²) in [6, 6.07) is 19.4. The smallest absolute Gasteiger partial charge is 0.253 e. The fourth-order valence-corrected chi connectivity index (χ4v) is 11.3. The van der Waals surface area contributed by atoms with Crippen molar-refractivity contribution in [2.75, 3.05) is 90.6 Å². The lowest BCUT2D eigenvalue weighted by Crippen LogP contribution is -2.57. The fraction of sp³-hybridized carbons (Fsp3) is 0.508. The third kappa shape index (κ3) is 18.1. The number of likely N-dealkylation sites (tertiary alicyclic amines) is 1. The summed E-state index contributed by atoms with van der Waals surface area (Å²) in [4.78, 5) is 92.3. The molecule has 2 saturated heterocycles. The molecule has 7 rings (SSSR count). The number of anilines is 1. The van der Waals surface area contributed by atoms with Crippen molar-refractivity contribution in [2.24, 2.45) is 5.41 Å². The molecule has 0 saturated carbocycles. The minimum Gasteiger partial charge on any atom is -0.391 e. The van der Waals surface area contributed by atoms with Gasteiger partial charge in [0.2, 0.25) is 17.7 Å². The van der Waals surface area contributed by atoms with E-state index in [1.807, 2.05) is 103 Å². The molecule has 454 valence electrons. The number of rotatable bonds is 29. The Morgan fingerprint density at radius 1 is 0.798 bits per heavy atom. The van der Waals surface area contributed by atoms with E-state index >= 15 is 0 Å². The first-order valence-corrected chi connectivity index (χ1v) is 29.9. The van der Waals surface area contributed by atoms with E-state index in [1.54, 1.807) is 23.5 Å². The van der Waals surface area contributed by atoms with E-state index in [1.165, 1.54) is 4.90 Å². The second-order valence-electron chi connectivity index (χ2n) is 22.4. The van der Waals surface area contributed by atoms with Crippen LogP contribution >= 0.6 is 11.3 Å². The summed E-state index contributed by atoms with van der Waals surface area (Å²) in [5, 5.41) is 22.3. The van der Waals surface area contributed by atoms with Crippen LogP contribution in [0.1, 0.15) is 108 Å². The van der Waals surface area contributed by atoms with Crippen molar-refractivity contribution in [2.45, 2.75) is 118 Å². The molecule has 2 fully saturated rings. The molecule has 0 aliphatic carbocycles. The number of amides is 5. The second kappa shape index (κ2) is 31.3. The number of aliphatic hydroxyl groups is 1. The maximum absolute atomic E-state index is 14.0. The molecule has 2 aliphatic rings. The molecule has 6 N–H and O–H groups in total. The van der Waals surface area contributed by atoms with Gasteiger partial charge in [-0.3, -0.25) is 28.8 Å². The Hall–Kier alpha value is -6.85. The molecule has 20 nitrogen and oxygen atoms in total. The molecular formula is C63H84N8O12S. The molecule has 0 unspecified atom stereocenters. The number of thiazole rings is 1. The summed E-state index contributed by atoms with van der Waals surface area (Å²) in [7, 11) is 0. The van der Waals surface area contributed by atoms with Crippen LogP contribution in [0.4, 0.5) is 5.69 Å². The molecule has 3 aromatic carbocycles. The molecule has 4 heterocycles. The summed E-state index contributed by atoms with van der Waals surface area (Å²) in [5.41, 5.74) is 10.3. The average molecular weight is 1180 g/mol. The Balaban J connectivity index is 0.759. The molecule has 2 aliphatic heterocycles. The molecule has 5 amide bonds. The average Bonchev–Trinajstić information content (AvgIpc) is 2.94. The van der Waals surface area contributed by atoms with Crippen molar-refractivity contribution >= 4 is 46.6 Å². The molecule has 2 aromatic heterocycles. The highest BCUT2D eigenvalue weighted by Gasteiger charge is 2.44. The van der Waals surface area contributed by atoms with Gasteiger partial charge >= 0.3 is 0 Å². The summed E-state index contributed by atoms with van der Waals surface area (Å²) >= 11 is 1.57. The normalized spacial score (nSPS) is 15.8. The van der Waals surface area contributed by atoms with Crippen molar-refractivity contribution in [3.63, 3.8) is 0 Å². The minimum absolute atomic E-state index is 0.00634. The van der Waals surface area contributed by atoms with E-state index in [0.717, 1.165) is 74.7 Å². The number of aryl methyl sites for hydroxylation is 3. The van der Waals surface area contributed by atoms with Crippen LogP contribution in [0, 0.1) is 33.1 Å². The lowest BCUT2D eigenvalue weighted by molar-refractivity contribution is -0.144. The van der Waals surface area contributed by atoms with E-state index in [-0.39, 0.29) is 94.1 Å². The molecule has 84 heavy (non-hydrogen) atoms. The van der Waals surface area contributed by atoms with Gasteiger partial charge in [-0.1, -0.05) is 57.2 Å². The summed E-state index contributed by atoms with van der Waals surface area (Å²) in [6.07, 6.45) is 0.977. The van der Waals surface area contributed by atoms with Crippen molar-refractivity contribution < 1.29 is 52.8 Å². The highest BCUT2D eigenvalue weighted by molar-refractivity contribution is 7.13. The Morgan fingerprint density at radius 2 is 1.44 bits per heavy atom. The first-order valence-electron chi connectivity index (χ1n) is 29.0. The summed E-state index contributed by atoms with van der Waals surface area (Å²) in [6.45, 7) is 20.2. The Morgan fingerprint density at radius 3 is 2.06 bits per heavy atom. The van der Waals surface area contributed by atoms with Crippen LogP contribution in [0.5, 0.6) is 0 Å². The summed E-state index contributed by atoms with van der Waals surface area (Å²) in [5.74, 6) is -1.72. The zero-order valence-electron chi connectivity index (χ0n) is 49.9. The van der Waals surface area contributed by atoms with Crippen LogP contribution in [0.3, 0.4) is 0 Å². The van der Waals surface area contributed by atoms with Gasteiger partial charge in [-0.2, -0.15) is 0 Å². The van der Waals surface area contributed by atoms with Gasteiger partial charge in [0, 0.05) is 92.9 Å². The number of H-pyrrole nitrogens is 1. The van der Waals surface area contributed by atoms with Crippen molar-refractivity contribution in [1.29, 1.82) is 0 Å². The molecule has 0 bridgehead atoms. The monoisotopic (exact) mass is 1180 g/mol. The number of hydrogen-bond acceptors (Lipinski definition) is 15. The largest absolute Gasteiger partial charge is 0.391 e. The highest BCUT2D eigenvalue weighted by atomic mass is 32.1. The third-order valence-electron chi connectivity index (χ3n) is 15.1. The number of benzene rings is 3. The van der Waals surface area contributed by atoms with Gasteiger partial charge in [0.25, 0.3) is 17.4 Å². The van der Waals surface area contributed by atoms with Gasteiger partial charge in [-0.25, -0.2) is 4.98 Å². The van der Waals surface area contributed by atoms with Crippen LogP contribution < -0.4 is 31.7 Å². The van der Waals surface area contributed by atoms with E-state index in [0.29, 0.717) is 62.9 Å². The number of ether oxygens (including phenoxy) is 5. The first kappa shape index (κ1) is 64.7. The van der Waals surface area contributed by atoms with Crippen LogP contribution in [0.25, 0.3) is 21.6 Å². The lowest BCUT2D eigenvalue weighted by atomic mass is 9.85. The van der Waals surface area contributed by atoms with Gasteiger partial charge in [0.05, 0.1) is 75.0 Å². The van der Waals surface area contributed by atoms with E-state index < -0.39 is 29.5 Å². The second-order valence-corrected chi connectivity index (χ2v) is 23.3. The first-order chi connectivity index (χ1) is 40.3. The maximum atomic E-state index is 14.0. The number of β-amino-alcohol motifs (C(OH)–C–C–N with tert-alkyl or cyclic N) is 1. The number of aliphatic hydroxyl groups excluding tert-OH is 1. The van der Waals surface area contributed by atoms with Gasteiger partial charge < -0.3 is 64.8 Å². The van der Waals surface area contributed by atoms with Crippen molar-refractivity contribution in [1.82, 2.24) is 36.1 Å². The van der Waals surface area contributed by atoms with Crippen LogP contribution in [-0.4, -0.2) is 159 Å². The Bertz CT molecular complexity index is 3060.